The molecule has 0 aliphatic heterocycles. The molecule has 3 heteroatoms. The van der Waals surface area contributed by atoms with Crippen molar-refractivity contribution in [1.82, 2.24) is 9.97 Å². The van der Waals surface area contributed by atoms with Gasteiger partial charge in [-0.05, 0) is 12.1 Å². The van der Waals surface area contributed by atoms with Gasteiger partial charge in [0.25, 0.3) is 0 Å². The number of H-pyrrole nitrogens is 1. The molecule has 3 nitrogen and oxygen atoms in total. The molecule has 0 aliphatic carbocycles. The molecular formula is C12H8N2O. The Morgan fingerprint density at radius 3 is 2.87 bits per heavy atom. The minimum absolute atomic E-state index is 0.682. The van der Waals surface area contributed by atoms with Crippen LogP contribution in [0.3, 0.4) is 0 Å². The van der Waals surface area contributed by atoms with E-state index in [9.17, 15) is 4.79 Å². The Balaban J connectivity index is 2.48. The lowest BCUT2D eigenvalue weighted by Gasteiger charge is -1.91. The molecule has 0 bridgehead atoms. The molecule has 0 spiro atoms. The van der Waals surface area contributed by atoms with Gasteiger partial charge in [0.2, 0.25) is 0 Å². The molecule has 2 aromatic heterocycles. The minimum atomic E-state index is 0.682. The maximum absolute atomic E-state index is 10.6. The third-order valence-electron chi connectivity index (χ3n) is 2.56. The Hall–Kier alpha value is -2.16. The number of carbonyl (C=O) groups excluding carboxylic acids is 1. The van der Waals surface area contributed by atoms with Gasteiger partial charge in [0.1, 0.15) is 6.29 Å². The molecule has 0 unspecified atom stereocenters. The third kappa shape index (κ3) is 1.13. The summed E-state index contributed by atoms with van der Waals surface area (Å²) in [4.78, 5) is 17.9. The Morgan fingerprint density at radius 2 is 2.00 bits per heavy atom. The number of nitrogens with zero attached hydrogens (tertiary/aromatic N) is 1. The summed E-state index contributed by atoms with van der Waals surface area (Å²) < 4.78 is 0. The SMILES string of the molecule is O=Cc1ccc2c(c1)[nH]c1cnccc12. The highest BCUT2D eigenvalue weighted by atomic mass is 16.1. The molecule has 3 rings (SSSR count). The summed E-state index contributed by atoms with van der Waals surface area (Å²) >= 11 is 0. The van der Waals surface area contributed by atoms with Crippen molar-refractivity contribution in [3.63, 3.8) is 0 Å². The standard InChI is InChI=1S/C12H8N2O/c15-7-8-1-2-9-10-3-4-13-6-12(10)14-11(9)5-8/h1-7,14H. The van der Waals surface area contributed by atoms with Crippen molar-refractivity contribution in [2.45, 2.75) is 0 Å². The van der Waals surface area contributed by atoms with E-state index in [0.29, 0.717) is 5.56 Å². The minimum Gasteiger partial charge on any atom is -0.353 e. The lowest BCUT2D eigenvalue weighted by atomic mass is 10.1. The number of hydrogen-bond acceptors (Lipinski definition) is 2. The van der Waals surface area contributed by atoms with Gasteiger partial charge in [0.05, 0.1) is 11.7 Å². The van der Waals surface area contributed by atoms with E-state index < -0.39 is 0 Å². The second-order valence-electron chi connectivity index (χ2n) is 3.47. The van der Waals surface area contributed by atoms with Crippen LogP contribution in [0.15, 0.2) is 36.7 Å². The fourth-order valence-electron chi connectivity index (χ4n) is 1.85. The smallest absolute Gasteiger partial charge is 0.150 e. The van der Waals surface area contributed by atoms with E-state index in [1.807, 2.05) is 24.3 Å². The van der Waals surface area contributed by atoms with Crippen molar-refractivity contribution in [2.24, 2.45) is 0 Å². The fraction of sp³-hybridized carbons (Fsp3) is 0. The molecule has 15 heavy (non-hydrogen) atoms. The number of pyridine rings is 1. The first-order valence-electron chi connectivity index (χ1n) is 4.69. The average molecular weight is 196 g/mol. The highest BCUT2D eigenvalue weighted by molar-refractivity contribution is 6.07. The monoisotopic (exact) mass is 196 g/mol. The largest absolute Gasteiger partial charge is 0.353 e. The second-order valence-corrected chi connectivity index (χ2v) is 3.47. The van der Waals surface area contributed by atoms with Crippen LogP contribution in [-0.2, 0) is 0 Å². The molecule has 2 heterocycles. The zero-order chi connectivity index (χ0) is 10.3. The van der Waals surface area contributed by atoms with Crippen molar-refractivity contribution >= 4 is 28.1 Å². The van der Waals surface area contributed by atoms with E-state index in [0.717, 1.165) is 28.1 Å². The van der Waals surface area contributed by atoms with Crippen LogP contribution in [0.2, 0.25) is 0 Å². The summed E-state index contributed by atoms with van der Waals surface area (Å²) in [5, 5.41) is 2.26. The van der Waals surface area contributed by atoms with Crippen molar-refractivity contribution in [3.8, 4) is 0 Å². The van der Waals surface area contributed by atoms with Gasteiger partial charge in [-0.3, -0.25) is 9.78 Å². The lowest BCUT2D eigenvalue weighted by Crippen LogP contribution is -1.77. The Labute approximate surface area is 85.8 Å². The van der Waals surface area contributed by atoms with Crippen molar-refractivity contribution in [1.29, 1.82) is 0 Å². The molecule has 0 fully saturated rings. The number of aldehydes is 1. The number of aromatic amines is 1. The van der Waals surface area contributed by atoms with E-state index in [4.69, 9.17) is 0 Å². The topological polar surface area (TPSA) is 45.8 Å². The Bertz CT molecular complexity index is 655. The predicted octanol–water partition coefficient (Wildman–Crippen LogP) is 2.53. The molecule has 0 saturated carbocycles. The van der Waals surface area contributed by atoms with Crippen LogP contribution in [0.1, 0.15) is 10.4 Å². The number of benzene rings is 1. The summed E-state index contributed by atoms with van der Waals surface area (Å²) in [5.41, 5.74) is 2.65. The van der Waals surface area contributed by atoms with Gasteiger partial charge in [-0.2, -0.15) is 0 Å². The van der Waals surface area contributed by atoms with Crippen molar-refractivity contribution in [2.75, 3.05) is 0 Å². The predicted molar refractivity (Wildman–Crippen MR) is 59.0 cm³/mol. The van der Waals surface area contributed by atoms with E-state index in [1.165, 1.54) is 0 Å². The third-order valence-corrected chi connectivity index (χ3v) is 2.56. The summed E-state index contributed by atoms with van der Waals surface area (Å²) in [6.07, 6.45) is 4.41. The molecule has 0 saturated heterocycles. The summed E-state index contributed by atoms with van der Waals surface area (Å²) in [6, 6.07) is 7.60. The second kappa shape index (κ2) is 2.92. The Kier molecular flexibility index (Phi) is 1.59. The summed E-state index contributed by atoms with van der Waals surface area (Å²) in [5.74, 6) is 0. The molecule has 1 aromatic carbocycles. The highest BCUT2D eigenvalue weighted by Crippen LogP contribution is 2.24. The quantitative estimate of drug-likeness (QED) is 0.608. The molecule has 3 aromatic rings. The van der Waals surface area contributed by atoms with Crippen LogP contribution in [0.5, 0.6) is 0 Å². The van der Waals surface area contributed by atoms with Gasteiger partial charge >= 0.3 is 0 Å². The lowest BCUT2D eigenvalue weighted by molar-refractivity contribution is 0.112. The van der Waals surface area contributed by atoms with Gasteiger partial charge in [-0.1, -0.05) is 12.1 Å². The molecule has 1 N–H and O–H groups in total. The van der Waals surface area contributed by atoms with E-state index in [-0.39, 0.29) is 0 Å². The Morgan fingerprint density at radius 1 is 1.13 bits per heavy atom. The fourth-order valence-corrected chi connectivity index (χ4v) is 1.85. The molecule has 0 atom stereocenters. The summed E-state index contributed by atoms with van der Waals surface area (Å²) in [6.45, 7) is 0. The zero-order valence-electron chi connectivity index (χ0n) is 7.90. The number of hydrogen-bond donors (Lipinski definition) is 1. The van der Waals surface area contributed by atoms with Crippen LogP contribution < -0.4 is 0 Å². The molecular weight excluding hydrogens is 188 g/mol. The zero-order valence-corrected chi connectivity index (χ0v) is 7.90. The van der Waals surface area contributed by atoms with Crippen LogP contribution >= 0.6 is 0 Å². The van der Waals surface area contributed by atoms with Crippen LogP contribution in [-0.4, -0.2) is 16.3 Å². The van der Waals surface area contributed by atoms with Gasteiger partial charge in [0.15, 0.2) is 0 Å². The number of carbonyl (C=O) groups is 1. The van der Waals surface area contributed by atoms with E-state index in [1.54, 1.807) is 12.4 Å². The maximum atomic E-state index is 10.6. The van der Waals surface area contributed by atoms with E-state index >= 15 is 0 Å². The first kappa shape index (κ1) is 8.17. The average Bonchev–Trinajstić information content (AvgIpc) is 2.66. The van der Waals surface area contributed by atoms with Gasteiger partial charge < -0.3 is 4.98 Å². The molecule has 0 amide bonds. The molecule has 0 radical (unpaired) electrons. The first-order valence-corrected chi connectivity index (χ1v) is 4.69. The highest BCUT2D eigenvalue weighted by Gasteiger charge is 2.03. The number of aromatic nitrogens is 2. The number of fused-ring (bicyclic) bond motifs is 3. The van der Waals surface area contributed by atoms with Crippen molar-refractivity contribution in [3.05, 3.63) is 42.2 Å². The summed E-state index contributed by atoms with van der Waals surface area (Å²) in [7, 11) is 0. The van der Waals surface area contributed by atoms with Gasteiger partial charge in [-0.15, -0.1) is 0 Å². The van der Waals surface area contributed by atoms with Crippen LogP contribution in [0.4, 0.5) is 0 Å². The van der Waals surface area contributed by atoms with Crippen LogP contribution in [0.25, 0.3) is 21.8 Å². The van der Waals surface area contributed by atoms with Crippen molar-refractivity contribution < 1.29 is 4.79 Å². The first-order chi connectivity index (χ1) is 7.38. The van der Waals surface area contributed by atoms with E-state index in [2.05, 4.69) is 9.97 Å². The van der Waals surface area contributed by atoms with Crippen LogP contribution in [0, 0.1) is 0 Å². The maximum Gasteiger partial charge on any atom is 0.150 e. The molecule has 72 valence electrons. The molecule has 0 aliphatic rings. The normalized spacial score (nSPS) is 10.9. The van der Waals surface area contributed by atoms with Gasteiger partial charge in [0, 0.05) is 28.0 Å². The van der Waals surface area contributed by atoms with Gasteiger partial charge in [-0.25, -0.2) is 0 Å². The number of rotatable bonds is 1. The number of nitrogens with one attached hydrogen (secondary N) is 1.